The van der Waals surface area contributed by atoms with Gasteiger partial charge in [-0.2, -0.15) is 0 Å². The molecular weight excluding hydrogens is 1250 g/mol. The Kier molecular flexibility index (Phi) is 66.5. The summed E-state index contributed by atoms with van der Waals surface area (Å²) < 4.78 is 68.5. The summed E-state index contributed by atoms with van der Waals surface area (Å²) in [6.07, 6.45) is 55.4. The van der Waals surface area contributed by atoms with Gasteiger partial charge in [0.2, 0.25) is 0 Å². The van der Waals surface area contributed by atoms with Crippen LogP contribution in [0.4, 0.5) is 0 Å². The van der Waals surface area contributed by atoms with Gasteiger partial charge in [-0.05, 0) is 37.5 Å². The molecule has 0 aromatic carbocycles. The first kappa shape index (κ1) is 93.1. The van der Waals surface area contributed by atoms with Crippen molar-refractivity contribution >= 4 is 39.5 Å². The van der Waals surface area contributed by atoms with Crippen molar-refractivity contribution < 1.29 is 80.2 Å². The van der Waals surface area contributed by atoms with Crippen molar-refractivity contribution in [2.24, 2.45) is 11.8 Å². The van der Waals surface area contributed by atoms with Crippen LogP contribution in [0, 0.1) is 11.8 Å². The number of aliphatic hydroxyl groups is 1. The van der Waals surface area contributed by atoms with Crippen LogP contribution in [0.25, 0.3) is 0 Å². The highest BCUT2D eigenvalue weighted by molar-refractivity contribution is 7.47. The topological polar surface area (TPSA) is 237 Å². The second kappa shape index (κ2) is 67.9. The maximum absolute atomic E-state index is 13.1. The summed E-state index contributed by atoms with van der Waals surface area (Å²) in [4.78, 5) is 72.7. The summed E-state index contributed by atoms with van der Waals surface area (Å²) in [6.45, 7) is 9.62. The lowest BCUT2D eigenvalue weighted by Crippen LogP contribution is -2.30. The summed E-state index contributed by atoms with van der Waals surface area (Å²) in [7, 11) is -9.91. The Balaban J connectivity index is 5.19. The molecule has 0 aliphatic heterocycles. The molecule has 17 nitrogen and oxygen atoms in total. The van der Waals surface area contributed by atoms with Gasteiger partial charge in [-0.15, -0.1) is 0 Å². The second-order valence-corrected chi connectivity index (χ2v) is 31.0. The van der Waals surface area contributed by atoms with E-state index in [4.69, 9.17) is 37.0 Å². The molecule has 564 valence electrons. The van der Waals surface area contributed by atoms with Crippen molar-refractivity contribution in [3.05, 3.63) is 0 Å². The van der Waals surface area contributed by atoms with E-state index in [1.807, 2.05) is 0 Å². The molecule has 0 fully saturated rings. The Bertz CT molecular complexity index is 1840. The maximum Gasteiger partial charge on any atom is 0.472 e. The van der Waals surface area contributed by atoms with Crippen molar-refractivity contribution in [2.45, 2.75) is 413 Å². The minimum atomic E-state index is -4.96. The van der Waals surface area contributed by atoms with Gasteiger partial charge in [0.15, 0.2) is 12.2 Å². The van der Waals surface area contributed by atoms with Gasteiger partial charge in [-0.25, -0.2) is 9.13 Å². The normalized spacial score (nSPS) is 14.3. The third-order valence-electron chi connectivity index (χ3n) is 18.1. The summed E-state index contributed by atoms with van der Waals surface area (Å²) in [6, 6.07) is 0. The monoisotopic (exact) mass is 1400 g/mol. The van der Waals surface area contributed by atoms with E-state index < -0.39 is 97.5 Å². The van der Waals surface area contributed by atoms with Crippen molar-refractivity contribution in [2.75, 3.05) is 39.6 Å². The average molecular weight is 1400 g/mol. The number of carbonyl (C=O) groups excluding carboxylic acids is 4. The number of hydrogen-bond donors (Lipinski definition) is 3. The number of phosphoric ester groups is 2. The van der Waals surface area contributed by atoms with Gasteiger partial charge < -0.3 is 33.8 Å². The van der Waals surface area contributed by atoms with Crippen LogP contribution < -0.4 is 0 Å². The van der Waals surface area contributed by atoms with E-state index in [1.165, 1.54) is 212 Å². The molecule has 3 N–H and O–H groups in total. The third-order valence-corrected chi connectivity index (χ3v) is 20.0. The molecule has 95 heavy (non-hydrogen) atoms. The molecule has 0 saturated heterocycles. The largest absolute Gasteiger partial charge is 0.472 e. The fourth-order valence-electron chi connectivity index (χ4n) is 11.6. The Morgan fingerprint density at radius 3 is 0.800 bits per heavy atom. The van der Waals surface area contributed by atoms with Crippen LogP contribution in [0.3, 0.4) is 0 Å². The number of esters is 4. The summed E-state index contributed by atoms with van der Waals surface area (Å²) in [5.41, 5.74) is 0. The zero-order chi connectivity index (χ0) is 70.0. The molecule has 0 radical (unpaired) electrons. The Morgan fingerprint density at radius 2 is 0.537 bits per heavy atom. The van der Waals surface area contributed by atoms with Gasteiger partial charge in [-0.1, -0.05) is 343 Å². The standard InChI is InChI=1S/C76H148O17P2/c1-7-10-12-14-16-18-20-30-34-42-48-54-60-75(80)92-71(64-86-73(78)58-52-46-40-33-19-17-15-13-11-8-2)66-90-94(82,83)88-62-70(77)63-89-95(84,85)91-67-72(65-87-74(79)59-53-47-41-37-36-39-45-51-57-69(6)9-3)93-76(81)61-55-49-43-35-31-28-26-24-22-21-23-25-27-29-32-38-44-50-56-68(4)5/h68-72,77H,7-67H2,1-6H3,(H,82,83)(H,84,85)/t69?,70-,71+,72+/m0/s1. The fraction of sp³-hybridized carbons (Fsp3) is 0.947. The molecular formula is C76H148O17P2. The molecule has 0 rings (SSSR count). The Hall–Kier alpha value is -1.94. The van der Waals surface area contributed by atoms with Crippen molar-refractivity contribution in [1.82, 2.24) is 0 Å². The van der Waals surface area contributed by atoms with E-state index in [9.17, 15) is 43.2 Å². The zero-order valence-corrected chi connectivity index (χ0v) is 63.8. The number of hydrogen-bond acceptors (Lipinski definition) is 15. The lowest BCUT2D eigenvalue weighted by Gasteiger charge is -2.21. The Labute approximate surface area is 581 Å². The second-order valence-electron chi connectivity index (χ2n) is 28.1. The zero-order valence-electron chi connectivity index (χ0n) is 62.0. The molecule has 0 heterocycles. The van der Waals surface area contributed by atoms with Crippen molar-refractivity contribution in [1.29, 1.82) is 0 Å². The van der Waals surface area contributed by atoms with E-state index in [0.717, 1.165) is 102 Å². The number of unbranched alkanes of at least 4 members (excludes halogenated alkanes) is 44. The van der Waals surface area contributed by atoms with Crippen LogP contribution in [0.1, 0.15) is 395 Å². The minimum Gasteiger partial charge on any atom is -0.462 e. The summed E-state index contributed by atoms with van der Waals surface area (Å²) >= 11 is 0. The molecule has 0 aliphatic carbocycles. The van der Waals surface area contributed by atoms with E-state index in [-0.39, 0.29) is 25.7 Å². The number of phosphoric acid groups is 2. The van der Waals surface area contributed by atoms with Gasteiger partial charge in [-0.3, -0.25) is 37.3 Å². The first-order valence-electron chi connectivity index (χ1n) is 39.5. The highest BCUT2D eigenvalue weighted by Crippen LogP contribution is 2.45. The fourth-order valence-corrected chi connectivity index (χ4v) is 13.2. The highest BCUT2D eigenvalue weighted by atomic mass is 31.2. The number of carbonyl (C=O) groups is 4. The van der Waals surface area contributed by atoms with Crippen LogP contribution in [-0.4, -0.2) is 96.7 Å². The van der Waals surface area contributed by atoms with E-state index >= 15 is 0 Å². The first-order valence-corrected chi connectivity index (χ1v) is 42.5. The van der Waals surface area contributed by atoms with Crippen LogP contribution in [0.2, 0.25) is 0 Å². The summed E-state index contributed by atoms with van der Waals surface area (Å²) in [5, 5.41) is 10.6. The molecule has 0 aromatic rings. The van der Waals surface area contributed by atoms with Crippen LogP contribution in [-0.2, 0) is 65.4 Å². The molecule has 19 heteroatoms. The molecule has 0 amide bonds. The van der Waals surface area contributed by atoms with Crippen molar-refractivity contribution in [3.8, 4) is 0 Å². The van der Waals surface area contributed by atoms with Gasteiger partial charge in [0.05, 0.1) is 26.4 Å². The van der Waals surface area contributed by atoms with Gasteiger partial charge in [0.25, 0.3) is 0 Å². The molecule has 6 atom stereocenters. The number of aliphatic hydroxyl groups excluding tert-OH is 1. The lowest BCUT2D eigenvalue weighted by molar-refractivity contribution is -0.161. The molecule has 0 spiro atoms. The molecule has 0 aliphatic rings. The van der Waals surface area contributed by atoms with Crippen molar-refractivity contribution in [3.63, 3.8) is 0 Å². The maximum atomic E-state index is 13.1. The van der Waals surface area contributed by atoms with E-state index in [2.05, 4.69) is 41.5 Å². The molecule has 3 unspecified atom stereocenters. The quantitative estimate of drug-likeness (QED) is 0.0222. The SMILES string of the molecule is CCCCCCCCCCCCCCC(=O)O[C@H](COC(=O)CCCCCCCCCCCC)COP(=O)(O)OC[C@H](O)COP(=O)(O)OC[C@@H](COC(=O)CCCCCCCCCCC(C)CC)OC(=O)CCCCCCCCCCCCCCCCCCCCC(C)C. The van der Waals surface area contributed by atoms with Crippen LogP contribution >= 0.6 is 15.6 Å². The highest BCUT2D eigenvalue weighted by Gasteiger charge is 2.30. The average Bonchev–Trinajstić information content (AvgIpc) is 1.35. The van der Waals surface area contributed by atoms with Gasteiger partial charge >= 0.3 is 39.5 Å². The summed E-state index contributed by atoms with van der Waals surface area (Å²) in [5.74, 6) is -0.518. The third kappa shape index (κ3) is 69.0. The Morgan fingerprint density at radius 1 is 0.305 bits per heavy atom. The first-order chi connectivity index (χ1) is 45.9. The molecule has 0 aromatic heterocycles. The van der Waals surface area contributed by atoms with E-state index in [0.29, 0.717) is 25.7 Å². The predicted molar refractivity (Wildman–Crippen MR) is 386 cm³/mol. The number of ether oxygens (including phenoxy) is 4. The molecule has 0 bridgehead atoms. The van der Waals surface area contributed by atoms with Crippen LogP contribution in [0.15, 0.2) is 0 Å². The smallest absolute Gasteiger partial charge is 0.462 e. The van der Waals surface area contributed by atoms with Crippen LogP contribution in [0.5, 0.6) is 0 Å². The van der Waals surface area contributed by atoms with Gasteiger partial charge in [0, 0.05) is 25.7 Å². The number of rotatable bonds is 75. The van der Waals surface area contributed by atoms with Gasteiger partial charge in [0.1, 0.15) is 19.3 Å². The van der Waals surface area contributed by atoms with E-state index in [1.54, 1.807) is 0 Å². The minimum absolute atomic E-state index is 0.107. The molecule has 0 saturated carbocycles. The predicted octanol–water partition coefficient (Wildman–Crippen LogP) is 22.3. The lowest BCUT2D eigenvalue weighted by atomic mass is 9.99.